The van der Waals surface area contributed by atoms with E-state index in [0.29, 0.717) is 5.05 Å². The van der Waals surface area contributed by atoms with Gasteiger partial charge < -0.3 is 4.74 Å². The van der Waals surface area contributed by atoms with Crippen molar-refractivity contribution in [3.8, 4) is 0 Å². The van der Waals surface area contributed by atoms with Crippen LogP contribution in [0.1, 0.15) is 5.56 Å². The number of alkyl halides is 3. The lowest BCUT2D eigenvalue weighted by atomic mass is 10.2. The summed E-state index contributed by atoms with van der Waals surface area (Å²) in [5.41, 5.74) is 0.285. The number of hydrogen-bond acceptors (Lipinski definition) is 3. The summed E-state index contributed by atoms with van der Waals surface area (Å²) < 4.78 is 3.89. The van der Waals surface area contributed by atoms with E-state index in [2.05, 4.69) is 0 Å². The Morgan fingerprint density at radius 1 is 1.27 bits per heavy atom. The van der Waals surface area contributed by atoms with Crippen molar-refractivity contribution in [3.05, 3.63) is 29.8 Å². The first kappa shape index (κ1) is 11.8. The van der Waals surface area contributed by atoms with Crippen LogP contribution in [-0.4, -0.2) is 14.3 Å². The van der Waals surface area contributed by atoms with Crippen molar-refractivity contribution in [3.63, 3.8) is 0 Å². The maximum atomic E-state index is 5.77. The molecule has 2 rings (SSSR count). The normalized spacial score (nSPS) is 20.7. The van der Waals surface area contributed by atoms with Crippen LogP contribution in [0.4, 0.5) is 0 Å². The number of rotatable bonds is 0. The molecule has 1 aromatic carbocycles. The van der Waals surface area contributed by atoms with Gasteiger partial charge in [0.2, 0.25) is 3.79 Å². The summed E-state index contributed by atoms with van der Waals surface area (Å²) >= 11 is 23.8. The Kier molecular flexibility index (Phi) is 3.39. The minimum atomic E-state index is -1.48. The molecule has 1 atom stereocenters. The monoisotopic (exact) mass is 298 g/mol. The van der Waals surface area contributed by atoms with Crippen molar-refractivity contribution in [1.82, 2.24) is 0 Å². The largest absolute Gasteiger partial charge is 0.464 e. The number of fused-ring (bicyclic) bond motifs is 1. The van der Waals surface area contributed by atoms with Gasteiger partial charge in [0.25, 0.3) is 0 Å². The summed E-state index contributed by atoms with van der Waals surface area (Å²) in [6.45, 7) is 0. The van der Waals surface area contributed by atoms with Gasteiger partial charge in [-0.2, -0.15) is 0 Å². The molecule has 0 bridgehead atoms. The molecule has 1 unspecified atom stereocenters. The minimum absolute atomic E-state index is 0.376. The van der Waals surface area contributed by atoms with Crippen molar-refractivity contribution in [1.29, 1.82) is 0 Å². The smallest absolute Gasteiger partial charge is 0.236 e. The van der Waals surface area contributed by atoms with Crippen LogP contribution in [0, 0.1) is 0 Å². The van der Waals surface area contributed by atoms with Crippen molar-refractivity contribution >= 4 is 63.8 Å². The standard InChI is InChI=1S/C9H5Cl3OS2/c10-9(11,12)8-13-7(14)5-3-1-2-4-6(5)15-8/h1-4,8H. The Hall–Kier alpha value is 0.330. The molecule has 1 nitrogen and oxygen atoms in total. The van der Waals surface area contributed by atoms with Crippen molar-refractivity contribution in [2.75, 3.05) is 0 Å². The maximum absolute atomic E-state index is 5.77. The second-order valence-electron chi connectivity index (χ2n) is 2.89. The van der Waals surface area contributed by atoms with Crippen LogP contribution in [0.3, 0.4) is 0 Å². The fraction of sp³-hybridized carbons (Fsp3) is 0.222. The van der Waals surface area contributed by atoms with E-state index >= 15 is 0 Å². The zero-order valence-electron chi connectivity index (χ0n) is 7.25. The lowest BCUT2D eigenvalue weighted by Crippen LogP contribution is -2.31. The lowest BCUT2D eigenvalue weighted by Gasteiger charge is -2.29. The molecule has 15 heavy (non-hydrogen) atoms. The summed E-state index contributed by atoms with van der Waals surface area (Å²) in [4.78, 5) is 0.977. The fourth-order valence-electron chi connectivity index (χ4n) is 1.17. The molecule has 0 aromatic heterocycles. The van der Waals surface area contributed by atoms with Gasteiger partial charge in [-0.15, -0.1) is 0 Å². The molecule has 80 valence electrons. The van der Waals surface area contributed by atoms with Crippen LogP contribution >= 0.6 is 58.8 Å². The molecule has 0 aliphatic carbocycles. The summed E-state index contributed by atoms with van der Waals surface area (Å²) in [6, 6.07) is 7.62. The van der Waals surface area contributed by atoms with Crippen LogP contribution in [0.2, 0.25) is 0 Å². The number of thiocarbonyl (C=S) groups is 1. The van der Waals surface area contributed by atoms with Gasteiger partial charge in [-0.3, -0.25) is 0 Å². The molecule has 0 spiro atoms. The van der Waals surface area contributed by atoms with Gasteiger partial charge in [0.15, 0.2) is 10.5 Å². The van der Waals surface area contributed by atoms with Gasteiger partial charge in [-0.1, -0.05) is 58.7 Å². The highest BCUT2D eigenvalue weighted by Gasteiger charge is 2.39. The molecule has 1 aliphatic heterocycles. The number of hydrogen-bond donors (Lipinski definition) is 0. The van der Waals surface area contributed by atoms with Gasteiger partial charge in [-0.25, -0.2) is 0 Å². The predicted molar refractivity (Wildman–Crippen MR) is 69.2 cm³/mol. The average molecular weight is 300 g/mol. The molecule has 0 fully saturated rings. The van der Waals surface area contributed by atoms with Gasteiger partial charge in [0.1, 0.15) is 0 Å². The Bertz CT molecular complexity index is 403. The van der Waals surface area contributed by atoms with E-state index < -0.39 is 9.23 Å². The van der Waals surface area contributed by atoms with E-state index in [1.165, 1.54) is 11.8 Å². The van der Waals surface area contributed by atoms with E-state index in [1.807, 2.05) is 24.3 Å². The Labute approximate surface area is 112 Å². The fourth-order valence-corrected chi connectivity index (χ4v) is 3.06. The summed E-state index contributed by atoms with van der Waals surface area (Å²) in [6.07, 6.45) is 0. The SMILES string of the molecule is S=C1OC(C(Cl)(Cl)Cl)Sc2ccccc21. The third kappa shape index (κ3) is 2.53. The zero-order valence-corrected chi connectivity index (χ0v) is 11.1. The Morgan fingerprint density at radius 3 is 2.60 bits per heavy atom. The number of benzene rings is 1. The maximum Gasteiger partial charge on any atom is 0.236 e. The highest BCUT2D eigenvalue weighted by atomic mass is 35.6. The Balaban J connectivity index is 2.35. The third-order valence-corrected chi connectivity index (χ3v) is 4.39. The van der Waals surface area contributed by atoms with E-state index in [0.717, 1.165) is 10.5 Å². The van der Waals surface area contributed by atoms with E-state index in [9.17, 15) is 0 Å². The van der Waals surface area contributed by atoms with Crippen molar-refractivity contribution in [2.45, 2.75) is 14.1 Å². The van der Waals surface area contributed by atoms with Crippen LogP contribution in [0.25, 0.3) is 0 Å². The summed E-state index contributed by atoms with van der Waals surface area (Å²) in [7, 11) is 0. The molecule has 0 saturated heterocycles. The van der Waals surface area contributed by atoms with Gasteiger partial charge in [0.05, 0.1) is 0 Å². The molecule has 1 aliphatic rings. The van der Waals surface area contributed by atoms with E-state index in [-0.39, 0.29) is 0 Å². The van der Waals surface area contributed by atoms with E-state index in [1.54, 1.807) is 0 Å². The molecule has 6 heteroatoms. The first-order valence-corrected chi connectivity index (χ1v) is 6.44. The topological polar surface area (TPSA) is 9.23 Å². The van der Waals surface area contributed by atoms with Crippen LogP contribution in [0.5, 0.6) is 0 Å². The predicted octanol–water partition coefficient (Wildman–Crippen LogP) is 4.18. The highest BCUT2D eigenvalue weighted by Crippen LogP contribution is 2.45. The Morgan fingerprint density at radius 2 is 1.93 bits per heavy atom. The molecule has 1 aromatic rings. The number of ether oxygens (including phenoxy) is 1. The second-order valence-corrected chi connectivity index (χ2v) is 6.74. The molecule has 1 heterocycles. The van der Waals surface area contributed by atoms with Crippen LogP contribution in [-0.2, 0) is 4.74 Å². The van der Waals surface area contributed by atoms with Gasteiger partial charge in [-0.05, 0) is 24.4 Å². The van der Waals surface area contributed by atoms with Crippen molar-refractivity contribution in [2.24, 2.45) is 0 Å². The van der Waals surface area contributed by atoms with E-state index in [4.69, 9.17) is 51.8 Å². The molecule has 0 saturated carbocycles. The summed E-state index contributed by atoms with van der Waals surface area (Å²) in [5.74, 6) is 0. The van der Waals surface area contributed by atoms with Gasteiger partial charge >= 0.3 is 0 Å². The number of halogens is 3. The molecular formula is C9H5Cl3OS2. The molecular weight excluding hydrogens is 295 g/mol. The highest BCUT2D eigenvalue weighted by molar-refractivity contribution is 8.00. The molecule has 0 N–H and O–H groups in total. The zero-order chi connectivity index (χ0) is 11.1. The van der Waals surface area contributed by atoms with Crippen LogP contribution in [0.15, 0.2) is 29.2 Å². The first-order chi connectivity index (χ1) is 6.98. The summed E-state index contributed by atoms with van der Waals surface area (Å²) in [5, 5.41) is 0.376. The van der Waals surface area contributed by atoms with Gasteiger partial charge in [0, 0.05) is 10.5 Å². The number of thioether (sulfide) groups is 1. The quantitative estimate of drug-likeness (QED) is 0.525. The molecule has 0 amide bonds. The van der Waals surface area contributed by atoms with Crippen LogP contribution < -0.4 is 0 Å². The molecule has 0 radical (unpaired) electrons. The minimum Gasteiger partial charge on any atom is -0.464 e. The average Bonchev–Trinajstić information content (AvgIpc) is 2.16. The lowest BCUT2D eigenvalue weighted by molar-refractivity contribution is 0.284. The van der Waals surface area contributed by atoms with Crippen molar-refractivity contribution < 1.29 is 4.74 Å². The first-order valence-electron chi connectivity index (χ1n) is 4.02. The third-order valence-electron chi connectivity index (χ3n) is 1.82. The second kappa shape index (κ2) is 4.30.